The van der Waals surface area contributed by atoms with Gasteiger partial charge in [-0.2, -0.15) is 4.98 Å². The van der Waals surface area contributed by atoms with Crippen molar-refractivity contribution >= 4 is 17.5 Å². The van der Waals surface area contributed by atoms with Gasteiger partial charge in [0.2, 0.25) is 11.7 Å². The Hall–Kier alpha value is -2.63. The standard InChI is InChI=1S/C19H24N4O2/c1-12-8-9-16(25-2)14(10-12)17(24)15-11-21-19(23-18(15)20)22-13-6-4-3-5-7-13/h8-11,13H,3-7H2,1-2H3,(H3,20,21,22,23). The van der Waals surface area contributed by atoms with Gasteiger partial charge >= 0.3 is 0 Å². The molecule has 0 unspecified atom stereocenters. The number of ether oxygens (including phenoxy) is 1. The summed E-state index contributed by atoms with van der Waals surface area (Å²) < 4.78 is 5.29. The van der Waals surface area contributed by atoms with Gasteiger partial charge in [0.1, 0.15) is 11.6 Å². The lowest BCUT2D eigenvalue weighted by molar-refractivity contribution is 0.103. The fourth-order valence-electron chi connectivity index (χ4n) is 3.21. The fraction of sp³-hybridized carbons (Fsp3) is 0.421. The molecular formula is C19H24N4O2. The van der Waals surface area contributed by atoms with E-state index in [1.807, 2.05) is 13.0 Å². The predicted octanol–water partition coefficient (Wildman–Crippen LogP) is 3.35. The lowest BCUT2D eigenvalue weighted by Gasteiger charge is -2.22. The predicted molar refractivity (Wildman–Crippen MR) is 98.1 cm³/mol. The van der Waals surface area contributed by atoms with Crippen LogP contribution in [0.15, 0.2) is 24.4 Å². The summed E-state index contributed by atoms with van der Waals surface area (Å²) in [7, 11) is 1.54. The van der Waals surface area contributed by atoms with Gasteiger partial charge in [-0.15, -0.1) is 0 Å². The summed E-state index contributed by atoms with van der Waals surface area (Å²) in [6, 6.07) is 5.84. The molecule has 3 rings (SSSR count). The number of rotatable bonds is 5. The number of benzene rings is 1. The summed E-state index contributed by atoms with van der Waals surface area (Å²) in [4.78, 5) is 21.4. The minimum Gasteiger partial charge on any atom is -0.496 e. The third-order valence-corrected chi connectivity index (χ3v) is 4.60. The molecular weight excluding hydrogens is 316 g/mol. The van der Waals surface area contributed by atoms with Crippen molar-refractivity contribution < 1.29 is 9.53 Å². The molecule has 1 aliphatic rings. The van der Waals surface area contributed by atoms with Gasteiger partial charge in [0.25, 0.3) is 0 Å². The number of nitrogens with zero attached hydrogens (tertiary/aromatic N) is 2. The molecule has 0 saturated heterocycles. The molecule has 6 nitrogen and oxygen atoms in total. The fourth-order valence-corrected chi connectivity index (χ4v) is 3.21. The van der Waals surface area contributed by atoms with E-state index < -0.39 is 0 Å². The van der Waals surface area contributed by atoms with Crippen molar-refractivity contribution in [1.29, 1.82) is 0 Å². The first kappa shape index (κ1) is 17.2. The second-order valence-electron chi connectivity index (χ2n) is 6.50. The highest BCUT2D eigenvalue weighted by Gasteiger charge is 2.20. The highest BCUT2D eigenvalue weighted by molar-refractivity contribution is 6.13. The Morgan fingerprint density at radius 2 is 2.00 bits per heavy atom. The molecule has 1 heterocycles. The molecule has 0 radical (unpaired) electrons. The topological polar surface area (TPSA) is 90.1 Å². The number of hydrogen-bond donors (Lipinski definition) is 2. The van der Waals surface area contributed by atoms with E-state index >= 15 is 0 Å². The van der Waals surface area contributed by atoms with Crippen molar-refractivity contribution in [3.05, 3.63) is 41.1 Å². The highest BCUT2D eigenvalue weighted by atomic mass is 16.5. The average molecular weight is 340 g/mol. The first-order valence-corrected chi connectivity index (χ1v) is 8.67. The lowest BCUT2D eigenvalue weighted by atomic mass is 9.96. The molecule has 0 spiro atoms. The maximum atomic E-state index is 12.8. The van der Waals surface area contributed by atoms with E-state index in [4.69, 9.17) is 10.5 Å². The largest absolute Gasteiger partial charge is 0.496 e. The Kier molecular flexibility index (Phi) is 5.16. The smallest absolute Gasteiger partial charge is 0.224 e. The summed E-state index contributed by atoms with van der Waals surface area (Å²) in [5, 5.41) is 3.32. The molecule has 0 amide bonds. The van der Waals surface area contributed by atoms with Crippen LogP contribution in [0.5, 0.6) is 5.75 Å². The van der Waals surface area contributed by atoms with Crippen LogP contribution in [0.3, 0.4) is 0 Å². The summed E-state index contributed by atoms with van der Waals surface area (Å²) in [6.45, 7) is 1.92. The van der Waals surface area contributed by atoms with E-state index in [-0.39, 0.29) is 17.2 Å². The SMILES string of the molecule is COc1ccc(C)cc1C(=O)c1cnc(NC2CCCCC2)nc1N. The maximum absolute atomic E-state index is 12.8. The highest BCUT2D eigenvalue weighted by Crippen LogP contribution is 2.25. The number of hydrogen-bond acceptors (Lipinski definition) is 6. The number of carbonyl (C=O) groups is 1. The molecule has 1 aromatic heterocycles. The molecule has 25 heavy (non-hydrogen) atoms. The van der Waals surface area contributed by atoms with Crippen molar-refractivity contribution in [1.82, 2.24) is 9.97 Å². The van der Waals surface area contributed by atoms with E-state index in [1.165, 1.54) is 25.5 Å². The lowest BCUT2D eigenvalue weighted by Crippen LogP contribution is -2.24. The molecule has 1 saturated carbocycles. The monoisotopic (exact) mass is 340 g/mol. The quantitative estimate of drug-likeness (QED) is 0.811. The zero-order chi connectivity index (χ0) is 17.8. The summed E-state index contributed by atoms with van der Waals surface area (Å²) in [5.41, 5.74) is 7.77. The third-order valence-electron chi connectivity index (χ3n) is 4.60. The molecule has 0 atom stereocenters. The van der Waals surface area contributed by atoms with Gasteiger partial charge in [-0.25, -0.2) is 4.98 Å². The number of ketones is 1. The van der Waals surface area contributed by atoms with E-state index in [2.05, 4.69) is 15.3 Å². The summed E-state index contributed by atoms with van der Waals surface area (Å²) >= 11 is 0. The number of anilines is 2. The van der Waals surface area contributed by atoms with Crippen LogP contribution in [-0.2, 0) is 0 Å². The van der Waals surface area contributed by atoms with Crippen LogP contribution >= 0.6 is 0 Å². The molecule has 1 aliphatic carbocycles. The van der Waals surface area contributed by atoms with Gasteiger partial charge < -0.3 is 15.8 Å². The minimum absolute atomic E-state index is 0.182. The van der Waals surface area contributed by atoms with E-state index in [0.717, 1.165) is 18.4 Å². The van der Waals surface area contributed by atoms with Crippen molar-refractivity contribution in [3.8, 4) is 5.75 Å². The molecule has 1 aromatic carbocycles. The molecule has 0 bridgehead atoms. The maximum Gasteiger partial charge on any atom is 0.224 e. The van der Waals surface area contributed by atoms with Crippen molar-refractivity contribution in [3.63, 3.8) is 0 Å². The molecule has 3 N–H and O–H groups in total. The van der Waals surface area contributed by atoms with Gasteiger partial charge in [0.15, 0.2) is 0 Å². The normalized spacial score (nSPS) is 15.0. The third kappa shape index (κ3) is 3.90. The zero-order valence-electron chi connectivity index (χ0n) is 14.7. The first-order chi connectivity index (χ1) is 12.1. The summed E-state index contributed by atoms with van der Waals surface area (Å²) in [5.74, 6) is 0.945. The molecule has 6 heteroatoms. The van der Waals surface area contributed by atoms with E-state index in [0.29, 0.717) is 23.3 Å². The number of nitrogens with two attached hydrogens (primary N) is 1. The Bertz CT molecular complexity index is 770. The van der Waals surface area contributed by atoms with E-state index in [9.17, 15) is 4.79 Å². The average Bonchev–Trinajstić information content (AvgIpc) is 2.62. The number of aromatic nitrogens is 2. The molecule has 0 aliphatic heterocycles. The van der Waals surface area contributed by atoms with Crippen LogP contribution in [0, 0.1) is 6.92 Å². The summed E-state index contributed by atoms with van der Waals surface area (Å²) in [6.07, 6.45) is 7.45. The van der Waals surface area contributed by atoms with Crippen LogP contribution < -0.4 is 15.8 Å². The Balaban J connectivity index is 1.83. The second kappa shape index (κ2) is 7.51. The van der Waals surface area contributed by atoms with Crippen molar-refractivity contribution in [2.75, 3.05) is 18.2 Å². The van der Waals surface area contributed by atoms with E-state index in [1.54, 1.807) is 19.2 Å². The molecule has 132 valence electrons. The molecule has 1 fully saturated rings. The van der Waals surface area contributed by atoms with Crippen LogP contribution in [0.4, 0.5) is 11.8 Å². The van der Waals surface area contributed by atoms with Crippen LogP contribution in [0.2, 0.25) is 0 Å². The van der Waals surface area contributed by atoms with Crippen LogP contribution in [-0.4, -0.2) is 28.9 Å². The van der Waals surface area contributed by atoms with Crippen molar-refractivity contribution in [2.24, 2.45) is 0 Å². The number of aryl methyl sites for hydroxylation is 1. The Labute approximate surface area is 147 Å². The van der Waals surface area contributed by atoms with Crippen molar-refractivity contribution in [2.45, 2.75) is 45.1 Å². The van der Waals surface area contributed by atoms with Gasteiger partial charge in [0, 0.05) is 12.2 Å². The number of carbonyl (C=O) groups excluding carboxylic acids is 1. The van der Waals surface area contributed by atoms with Gasteiger partial charge in [0.05, 0.1) is 18.2 Å². The number of nitrogens with one attached hydrogen (secondary N) is 1. The number of nitrogen functional groups attached to an aromatic ring is 1. The Morgan fingerprint density at radius 1 is 1.24 bits per heavy atom. The van der Waals surface area contributed by atoms with Gasteiger partial charge in [-0.3, -0.25) is 4.79 Å². The van der Waals surface area contributed by atoms with Crippen LogP contribution in [0.25, 0.3) is 0 Å². The number of methoxy groups -OCH3 is 1. The van der Waals surface area contributed by atoms with Gasteiger partial charge in [-0.05, 0) is 31.9 Å². The first-order valence-electron chi connectivity index (χ1n) is 8.67. The minimum atomic E-state index is -0.234. The molecule has 2 aromatic rings. The van der Waals surface area contributed by atoms with Gasteiger partial charge in [-0.1, -0.05) is 30.9 Å². The van der Waals surface area contributed by atoms with Crippen LogP contribution in [0.1, 0.15) is 53.6 Å². The zero-order valence-corrected chi connectivity index (χ0v) is 14.7. The second-order valence-corrected chi connectivity index (χ2v) is 6.50. The Morgan fingerprint density at radius 3 is 2.68 bits per heavy atom.